The van der Waals surface area contributed by atoms with Gasteiger partial charge in [0.15, 0.2) is 0 Å². The molecule has 0 fully saturated rings. The lowest BCUT2D eigenvalue weighted by Gasteiger charge is -2.13. The number of nitro groups is 1. The number of nitrogens with zero attached hydrogens (tertiary/aromatic N) is 2. The van der Waals surface area contributed by atoms with Gasteiger partial charge in [-0.05, 0) is 53.6 Å². The normalized spacial score (nSPS) is 10.6. The van der Waals surface area contributed by atoms with Crippen molar-refractivity contribution in [3.63, 3.8) is 0 Å². The second kappa shape index (κ2) is 10.7. The average Bonchev–Trinajstić information content (AvgIpc) is 2.90. The summed E-state index contributed by atoms with van der Waals surface area (Å²) in [6, 6.07) is 17.8. The first kappa shape index (κ1) is 24.4. The summed E-state index contributed by atoms with van der Waals surface area (Å²) in [5.41, 5.74) is 1.02. The van der Waals surface area contributed by atoms with Crippen molar-refractivity contribution in [3.05, 3.63) is 99.4 Å². The maximum absolute atomic E-state index is 14.1. The third kappa shape index (κ3) is 5.33. The molecule has 0 aliphatic carbocycles. The van der Waals surface area contributed by atoms with E-state index < -0.39 is 22.3 Å². The maximum Gasteiger partial charge on any atom is 0.324 e. The Balaban J connectivity index is 1.70. The number of aromatic nitrogens is 1. The monoisotopic (exact) mass is 490 g/mol. The third-order valence-corrected chi connectivity index (χ3v) is 5.56. The van der Waals surface area contributed by atoms with Gasteiger partial charge in [-0.2, -0.15) is 0 Å². The van der Waals surface area contributed by atoms with Crippen LogP contribution in [0.25, 0.3) is 10.9 Å². The fourth-order valence-electron chi connectivity index (χ4n) is 3.70. The van der Waals surface area contributed by atoms with Gasteiger partial charge < -0.3 is 20.1 Å². The lowest BCUT2D eigenvalue weighted by molar-refractivity contribution is -0.384. The van der Waals surface area contributed by atoms with Crippen LogP contribution in [0.2, 0.25) is 0 Å². The van der Waals surface area contributed by atoms with E-state index in [1.807, 2.05) is 0 Å². The molecule has 0 radical (unpaired) electrons. The van der Waals surface area contributed by atoms with E-state index in [2.05, 4.69) is 15.6 Å². The number of hydrogen-bond donors (Lipinski definition) is 2. The van der Waals surface area contributed by atoms with Crippen LogP contribution in [0.1, 0.15) is 21.5 Å². The van der Waals surface area contributed by atoms with Gasteiger partial charge in [0.05, 0.1) is 24.7 Å². The molecule has 1 aromatic heterocycles. The van der Waals surface area contributed by atoms with Crippen LogP contribution in [-0.4, -0.2) is 30.0 Å². The number of hydrogen-bond acceptors (Lipinski definition) is 7. The molecule has 36 heavy (non-hydrogen) atoms. The zero-order chi connectivity index (χ0) is 25.7. The molecule has 0 spiro atoms. The Kier molecular flexibility index (Phi) is 7.24. The van der Waals surface area contributed by atoms with Crippen LogP contribution in [0.4, 0.5) is 15.9 Å². The summed E-state index contributed by atoms with van der Waals surface area (Å²) in [4.78, 5) is 29.0. The van der Waals surface area contributed by atoms with Crippen LogP contribution >= 0.6 is 0 Å². The number of fused-ring (bicyclic) bond motifs is 1. The van der Waals surface area contributed by atoms with Crippen LogP contribution in [-0.2, 0) is 13.1 Å². The number of rotatable bonds is 9. The van der Waals surface area contributed by atoms with E-state index in [9.17, 15) is 19.3 Å². The molecule has 0 saturated heterocycles. The van der Waals surface area contributed by atoms with Crippen molar-refractivity contribution in [3.8, 4) is 11.5 Å². The van der Waals surface area contributed by atoms with Gasteiger partial charge in [-0.15, -0.1) is 0 Å². The molecule has 3 aromatic carbocycles. The highest BCUT2D eigenvalue weighted by Crippen LogP contribution is 2.34. The molecule has 0 aliphatic heterocycles. The molecule has 4 rings (SSSR count). The van der Waals surface area contributed by atoms with Crippen molar-refractivity contribution in [2.24, 2.45) is 0 Å². The first-order valence-electron chi connectivity index (χ1n) is 10.9. The molecular weight excluding hydrogens is 467 g/mol. The minimum atomic E-state index is -0.719. The van der Waals surface area contributed by atoms with Crippen molar-refractivity contribution < 1.29 is 23.6 Å². The van der Waals surface area contributed by atoms with Gasteiger partial charge in [0.2, 0.25) is 5.82 Å². The van der Waals surface area contributed by atoms with Gasteiger partial charge in [0.1, 0.15) is 22.9 Å². The number of nitrogens with one attached hydrogen (secondary N) is 2. The van der Waals surface area contributed by atoms with Crippen LogP contribution in [0, 0.1) is 15.9 Å². The van der Waals surface area contributed by atoms with Gasteiger partial charge in [-0.3, -0.25) is 14.9 Å². The summed E-state index contributed by atoms with van der Waals surface area (Å²) in [7, 11) is 3.10. The Morgan fingerprint density at radius 3 is 2.08 bits per heavy atom. The topological polar surface area (TPSA) is 116 Å². The number of amides is 1. The third-order valence-electron chi connectivity index (χ3n) is 5.56. The standard InChI is InChI=1S/C26H23FN4O5/c1-35-19-8-3-16(4-9-19)14-28-25-24(31(33)34)23(21-13-18(27)7-12-22(21)30-25)26(32)29-15-17-5-10-20(36-2)11-6-17/h3-13H,14-15H2,1-2H3,(H,28,30)(H,29,32). The summed E-state index contributed by atoms with van der Waals surface area (Å²) in [6.07, 6.45) is 0. The largest absolute Gasteiger partial charge is 0.497 e. The SMILES string of the molecule is COc1ccc(CNC(=O)c2c([N+](=O)[O-])c(NCc3ccc(OC)cc3)nc3ccc(F)cc23)cc1. The lowest BCUT2D eigenvalue weighted by atomic mass is 10.0. The maximum atomic E-state index is 14.1. The van der Waals surface area contributed by atoms with Crippen molar-refractivity contribution >= 4 is 28.3 Å². The van der Waals surface area contributed by atoms with E-state index in [0.717, 1.165) is 17.2 Å². The summed E-state index contributed by atoms with van der Waals surface area (Å²) in [5, 5.41) is 17.8. The van der Waals surface area contributed by atoms with Crippen molar-refractivity contribution in [2.75, 3.05) is 19.5 Å². The Morgan fingerprint density at radius 2 is 1.53 bits per heavy atom. The lowest BCUT2D eigenvalue weighted by Crippen LogP contribution is -2.25. The van der Waals surface area contributed by atoms with Crippen LogP contribution in [0.15, 0.2) is 66.7 Å². The van der Waals surface area contributed by atoms with Crippen LogP contribution in [0.5, 0.6) is 11.5 Å². The number of ether oxygens (including phenoxy) is 2. The molecular formula is C26H23FN4O5. The highest BCUT2D eigenvalue weighted by molar-refractivity contribution is 6.11. The number of benzene rings is 3. The molecule has 2 N–H and O–H groups in total. The fraction of sp³-hybridized carbons (Fsp3) is 0.154. The minimum absolute atomic E-state index is 0.0453. The average molecular weight is 490 g/mol. The highest BCUT2D eigenvalue weighted by atomic mass is 19.1. The fourth-order valence-corrected chi connectivity index (χ4v) is 3.70. The Morgan fingerprint density at radius 1 is 0.944 bits per heavy atom. The second-order valence-electron chi connectivity index (χ2n) is 7.83. The van der Waals surface area contributed by atoms with E-state index in [1.54, 1.807) is 62.8 Å². The molecule has 9 nitrogen and oxygen atoms in total. The molecule has 0 saturated carbocycles. The molecule has 10 heteroatoms. The van der Waals surface area contributed by atoms with Gasteiger partial charge in [0, 0.05) is 18.5 Å². The highest BCUT2D eigenvalue weighted by Gasteiger charge is 2.29. The zero-order valence-electron chi connectivity index (χ0n) is 19.6. The first-order valence-corrected chi connectivity index (χ1v) is 10.9. The number of carbonyl (C=O) groups is 1. The van der Waals surface area contributed by atoms with E-state index in [1.165, 1.54) is 12.1 Å². The van der Waals surface area contributed by atoms with Gasteiger partial charge in [-0.25, -0.2) is 9.37 Å². The molecule has 1 heterocycles. The Labute approximate surface area is 206 Å². The Bertz CT molecular complexity index is 1410. The summed E-state index contributed by atoms with van der Waals surface area (Å²) < 4.78 is 24.4. The minimum Gasteiger partial charge on any atom is -0.497 e. The van der Waals surface area contributed by atoms with E-state index in [4.69, 9.17) is 9.47 Å². The van der Waals surface area contributed by atoms with E-state index in [-0.39, 0.29) is 35.4 Å². The molecule has 0 bridgehead atoms. The predicted octanol–water partition coefficient (Wildman–Crippen LogP) is 4.84. The Hall–Kier alpha value is -4.73. The molecule has 0 aliphatic rings. The zero-order valence-corrected chi connectivity index (χ0v) is 19.6. The number of anilines is 1. The summed E-state index contributed by atoms with van der Waals surface area (Å²) >= 11 is 0. The van der Waals surface area contributed by atoms with Gasteiger partial charge in [-0.1, -0.05) is 24.3 Å². The summed E-state index contributed by atoms with van der Waals surface area (Å²) in [6.45, 7) is 0.311. The summed E-state index contributed by atoms with van der Waals surface area (Å²) in [5.74, 6) is -0.121. The smallest absolute Gasteiger partial charge is 0.324 e. The van der Waals surface area contributed by atoms with Crippen LogP contribution in [0.3, 0.4) is 0 Å². The molecule has 0 atom stereocenters. The van der Waals surface area contributed by atoms with Crippen molar-refractivity contribution in [1.29, 1.82) is 0 Å². The predicted molar refractivity (Wildman–Crippen MR) is 133 cm³/mol. The number of pyridine rings is 1. The molecule has 4 aromatic rings. The van der Waals surface area contributed by atoms with Gasteiger partial charge in [0.25, 0.3) is 5.91 Å². The number of methoxy groups -OCH3 is 2. The number of halogens is 1. The van der Waals surface area contributed by atoms with E-state index in [0.29, 0.717) is 11.5 Å². The molecule has 0 unspecified atom stereocenters. The second-order valence-corrected chi connectivity index (χ2v) is 7.83. The molecule has 184 valence electrons. The van der Waals surface area contributed by atoms with Gasteiger partial charge >= 0.3 is 5.69 Å². The van der Waals surface area contributed by atoms with Crippen molar-refractivity contribution in [2.45, 2.75) is 13.1 Å². The van der Waals surface area contributed by atoms with Crippen molar-refractivity contribution in [1.82, 2.24) is 10.3 Å². The van der Waals surface area contributed by atoms with E-state index >= 15 is 0 Å². The van der Waals surface area contributed by atoms with Crippen LogP contribution < -0.4 is 20.1 Å². The first-order chi connectivity index (χ1) is 17.4. The quantitative estimate of drug-likeness (QED) is 0.255. The molecule has 1 amide bonds. The number of carbonyl (C=O) groups excluding carboxylic acids is 1.